The molecule has 13 aromatic carbocycles. The van der Waals surface area contributed by atoms with Crippen LogP contribution in [-0.2, 0) is 5.41 Å². The molecule has 0 saturated carbocycles. The van der Waals surface area contributed by atoms with E-state index >= 15 is 0 Å². The third-order valence-corrected chi connectivity index (χ3v) is 16.9. The molecule has 1 heterocycles. The van der Waals surface area contributed by atoms with Gasteiger partial charge in [-0.15, -0.1) is 11.3 Å². The molecule has 1 aromatic heterocycles. The minimum Gasteiger partial charge on any atom is -0.135 e. The Morgan fingerprint density at radius 1 is 0.250 bits per heavy atom. The molecule has 0 saturated heterocycles. The molecule has 0 bridgehead atoms. The van der Waals surface area contributed by atoms with E-state index in [1.54, 1.807) is 0 Å². The van der Waals surface area contributed by atoms with Gasteiger partial charge in [0.05, 0.1) is 5.41 Å². The Morgan fingerprint density at radius 2 is 0.735 bits per heavy atom. The highest BCUT2D eigenvalue weighted by Gasteiger charge is 2.53. The molecule has 0 nitrogen and oxygen atoms in total. The second-order valence-electron chi connectivity index (χ2n) is 19.0. The molecule has 2 aliphatic carbocycles. The van der Waals surface area contributed by atoms with Gasteiger partial charge in [-0.05, 0) is 162 Å². The molecule has 0 fully saturated rings. The van der Waals surface area contributed by atoms with Crippen LogP contribution in [0.2, 0.25) is 0 Å². The first kappa shape index (κ1) is 36.8. The van der Waals surface area contributed by atoms with Crippen LogP contribution in [0.3, 0.4) is 0 Å². The Bertz CT molecular complexity index is 4460. The molecule has 68 heavy (non-hydrogen) atoms. The van der Waals surface area contributed by atoms with Gasteiger partial charge in [0.25, 0.3) is 0 Å². The molecule has 0 radical (unpaired) electrons. The Labute approximate surface area is 396 Å². The summed E-state index contributed by atoms with van der Waals surface area (Å²) < 4.78 is 2.66. The van der Waals surface area contributed by atoms with E-state index in [-0.39, 0.29) is 0 Å². The van der Waals surface area contributed by atoms with Crippen LogP contribution in [0.1, 0.15) is 22.3 Å². The lowest BCUT2D eigenvalue weighted by Crippen LogP contribution is -2.26. The molecule has 2 aliphatic rings. The zero-order valence-electron chi connectivity index (χ0n) is 36.8. The van der Waals surface area contributed by atoms with E-state index in [0.717, 1.165) is 0 Å². The summed E-state index contributed by atoms with van der Waals surface area (Å²) in [7, 11) is 0. The average Bonchev–Trinajstić information content (AvgIpc) is 4.03. The molecular weight excluding hydrogens is 837 g/mol. The van der Waals surface area contributed by atoms with Gasteiger partial charge in [0.1, 0.15) is 0 Å². The molecule has 0 N–H and O–H groups in total. The summed E-state index contributed by atoms with van der Waals surface area (Å²) in [4.78, 5) is 0. The van der Waals surface area contributed by atoms with Gasteiger partial charge < -0.3 is 0 Å². The van der Waals surface area contributed by atoms with Crippen LogP contribution in [0, 0.1) is 0 Å². The summed E-state index contributed by atoms with van der Waals surface area (Å²) >= 11 is 1.89. The maximum Gasteiger partial charge on any atom is 0.0737 e. The van der Waals surface area contributed by atoms with Gasteiger partial charge in [0.15, 0.2) is 0 Å². The highest BCUT2D eigenvalue weighted by Crippen LogP contribution is 2.66. The number of fused-ring (bicyclic) bond motifs is 23. The van der Waals surface area contributed by atoms with Crippen molar-refractivity contribution in [3.63, 3.8) is 0 Å². The van der Waals surface area contributed by atoms with E-state index in [2.05, 4.69) is 231 Å². The quantitative estimate of drug-likeness (QED) is 0.120. The van der Waals surface area contributed by atoms with Crippen molar-refractivity contribution in [2.45, 2.75) is 5.41 Å². The van der Waals surface area contributed by atoms with Gasteiger partial charge in [-0.3, -0.25) is 0 Å². The number of benzene rings is 13. The molecular formula is C67H38S. The monoisotopic (exact) mass is 874 g/mol. The molecule has 16 rings (SSSR count). The van der Waals surface area contributed by atoms with Crippen LogP contribution in [0.25, 0.3) is 129 Å². The average molecular weight is 875 g/mol. The second-order valence-corrected chi connectivity index (χ2v) is 20.0. The Hall–Kier alpha value is -8.36. The second kappa shape index (κ2) is 13.4. The summed E-state index contributed by atoms with van der Waals surface area (Å²) in [5.41, 5.74) is 15.4. The van der Waals surface area contributed by atoms with Crippen LogP contribution in [-0.4, -0.2) is 0 Å². The van der Waals surface area contributed by atoms with Crippen molar-refractivity contribution in [2.24, 2.45) is 0 Å². The molecule has 0 atom stereocenters. The Morgan fingerprint density at radius 3 is 1.38 bits per heavy atom. The molecule has 0 amide bonds. The van der Waals surface area contributed by atoms with Gasteiger partial charge in [-0.2, -0.15) is 0 Å². The normalized spacial score (nSPS) is 13.4. The van der Waals surface area contributed by atoms with Crippen LogP contribution < -0.4 is 0 Å². The summed E-state index contributed by atoms with van der Waals surface area (Å²) in [5.74, 6) is 0. The van der Waals surface area contributed by atoms with E-state index in [0.29, 0.717) is 0 Å². The SMILES string of the molecule is c1ccc2c(c1)-c1ccccc1C21c2c(ccc3cc(-c4c5ccccc5c(-c5ccc6sc7cc8ccccc8cc7c6c5)c5ccccc45)ccc23)-c2c1c1ccccc1c1ccccc21. The van der Waals surface area contributed by atoms with Crippen molar-refractivity contribution >= 4 is 96.1 Å². The third kappa shape index (κ3) is 4.64. The first-order valence-electron chi connectivity index (χ1n) is 23.7. The maximum absolute atomic E-state index is 2.48. The molecule has 312 valence electrons. The summed E-state index contributed by atoms with van der Waals surface area (Å²) in [6.07, 6.45) is 0. The maximum atomic E-state index is 2.48. The van der Waals surface area contributed by atoms with Gasteiger partial charge in [0, 0.05) is 20.2 Å². The molecule has 1 spiro atoms. The lowest BCUT2D eigenvalue weighted by molar-refractivity contribution is 0.809. The van der Waals surface area contributed by atoms with Crippen molar-refractivity contribution in [3.8, 4) is 44.5 Å². The third-order valence-electron chi connectivity index (χ3n) is 15.8. The van der Waals surface area contributed by atoms with E-state index in [1.807, 2.05) is 11.3 Å². The first-order valence-corrected chi connectivity index (χ1v) is 24.6. The largest absolute Gasteiger partial charge is 0.135 e. The minimum absolute atomic E-state index is 0.508. The lowest BCUT2D eigenvalue weighted by atomic mass is 9.68. The van der Waals surface area contributed by atoms with Crippen molar-refractivity contribution in [3.05, 3.63) is 253 Å². The topological polar surface area (TPSA) is 0 Å². The fraction of sp³-hybridized carbons (Fsp3) is 0.0149. The lowest BCUT2D eigenvalue weighted by Gasteiger charge is -2.32. The summed E-state index contributed by atoms with van der Waals surface area (Å²) in [6, 6.07) is 87.7. The van der Waals surface area contributed by atoms with Gasteiger partial charge in [0.2, 0.25) is 0 Å². The number of thiophene rings is 1. The van der Waals surface area contributed by atoms with Crippen LogP contribution >= 0.6 is 11.3 Å². The zero-order valence-corrected chi connectivity index (χ0v) is 37.7. The van der Waals surface area contributed by atoms with Crippen LogP contribution in [0.15, 0.2) is 231 Å². The fourth-order valence-corrected chi connectivity index (χ4v) is 14.3. The van der Waals surface area contributed by atoms with E-state index in [1.165, 1.54) is 152 Å². The van der Waals surface area contributed by atoms with E-state index in [9.17, 15) is 0 Å². The first-order chi connectivity index (χ1) is 33.7. The predicted octanol–water partition coefficient (Wildman–Crippen LogP) is 18.7. The Kier molecular flexibility index (Phi) is 7.25. The molecule has 14 aromatic rings. The molecule has 0 aliphatic heterocycles. The van der Waals surface area contributed by atoms with Crippen molar-refractivity contribution in [1.29, 1.82) is 0 Å². The molecule has 1 heteroatoms. The van der Waals surface area contributed by atoms with Crippen molar-refractivity contribution in [2.75, 3.05) is 0 Å². The Balaban J connectivity index is 0.966. The van der Waals surface area contributed by atoms with Crippen molar-refractivity contribution < 1.29 is 0 Å². The van der Waals surface area contributed by atoms with E-state index < -0.39 is 5.41 Å². The molecule has 0 unspecified atom stereocenters. The smallest absolute Gasteiger partial charge is 0.0737 e. The zero-order chi connectivity index (χ0) is 44.2. The van der Waals surface area contributed by atoms with Crippen LogP contribution in [0.5, 0.6) is 0 Å². The fourth-order valence-electron chi connectivity index (χ4n) is 13.2. The van der Waals surface area contributed by atoms with Gasteiger partial charge in [-0.25, -0.2) is 0 Å². The minimum atomic E-state index is -0.508. The van der Waals surface area contributed by atoms with Gasteiger partial charge >= 0.3 is 0 Å². The standard InChI is InChI=1S/C67H38S/c1-2-16-40-38-61-57(36-39(40)15-1)56-37-43(31-34-60(56)68-61)63-52-24-8-6-22-50(52)62(51-23-7-9-25-53(51)63)42-30-32-44-41(35-42)29-33-55-64-49-21-5-3-17-45(49)46-18-4-10-26-54(46)66(64)67(65(44)55)58-27-13-11-19-47(58)48-20-12-14-28-59(48)67/h1-38H. The summed E-state index contributed by atoms with van der Waals surface area (Å²) in [5, 5.41) is 18.1. The highest BCUT2D eigenvalue weighted by molar-refractivity contribution is 7.25. The number of hydrogen-bond acceptors (Lipinski definition) is 1. The van der Waals surface area contributed by atoms with Crippen LogP contribution in [0.4, 0.5) is 0 Å². The summed E-state index contributed by atoms with van der Waals surface area (Å²) in [6.45, 7) is 0. The highest BCUT2D eigenvalue weighted by atomic mass is 32.1. The van der Waals surface area contributed by atoms with Crippen molar-refractivity contribution in [1.82, 2.24) is 0 Å². The number of rotatable bonds is 2. The van der Waals surface area contributed by atoms with E-state index in [4.69, 9.17) is 0 Å². The predicted molar refractivity (Wildman–Crippen MR) is 292 cm³/mol. The van der Waals surface area contributed by atoms with Gasteiger partial charge in [-0.1, -0.05) is 200 Å². The number of hydrogen-bond donors (Lipinski definition) is 0.